The van der Waals surface area contributed by atoms with E-state index >= 15 is 26.3 Å². The molecule has 2 nitrogen and oxygen atoms in total. The number of nitrogens with two attached hydrogens (primary N) is 2. The maximum atomic E-state index is 16.1. The highest BCUT2D eigenvalue weighted by Gasteiger charge is 2.78. The Hall–Kier alpha value is -0.500. The van der Waals surface area contributed by atoms with Gasteiger partial charge in [0, 0.05) is 12.1 Å². The fraction of sp³-hybridized carbons (Fsp3) is 1.00. The van der Waals surface area contributed by atoms with Gasteiger partial charge >= 0.3 is 12.4 Å². The van der Waals surface area contributed by atoms with Crippen LogP contribution < -0.4 is 11.5 Å². The predicted octanol–water partition coefficient (Wildman–Crippen LogP) is 11.4. The summed E-state index contributed by atoms with van der Waals surface area (Å²) < 4.78 is 96.8. The van der Waals surface area contributed by atoms with Crippen LogP contribution in [0.1, 0.15) is 154 Å². The summed E-state index contributed by atoms with van der Waals surface area (Å²) >= 11 is 0. The van der Waals surface area contributed by atoms with Crippen LogP contribution in [0, 0.1) is 64.6 Å². The summed E-state index contributed by atoms with van der Waals surface area (Å²) in [6.45, 7) is 0. The van der Waals surface area contributed by atoms with E-state index < -0.39 is 29.6 Å². The van der Waals surface area contributed by atoms with Crippen LogP contribution >= 0.6 is 0 Å². The first-order valence-corrected chi connectivity index (χ1v) is 20.1. The third kappa shape index (κ3) is 7.18. The van der Waals surface area contributed by atoms with Crippen molar-refractivity contribution < 1.29 is 26.3 Å². The van der Waals surface area contributed by atoms with E-state index in [-0.39, 0.29) is 85.1 Å². The quantitative estimate of drug-likeness (QED) is 0.276. The molecule has 6 aliphatic rings. The van der Waals surface area contributed by atoms with Gasteiger partial charge in [0.1, 0.15) is 0 Å². The molecule has 4 atom stereocenters. The third-order valence-corrected chi connectivity index (χ3v) is 15.5. The lowest BCUT2D eigenvalue weighted by atomic mass is 9.48. The Morgan fingerprint density at radius 3 is 0.745 bits per heavy atom. The van der Waals surface area contributed by atoms with Crippen LogP contribution in [0.2, 0.25) is 0 Å². The molecule has 6 aliphatic carbocycles. The molecule has 0 aromatic carbocycles. The molecule has 0 saturated heterocycles. The molecule has 0 spiro atoms. The fourth-order valence-corrected chi connectivity index (χ4v) is 13.2. The third-order valence-electron chi connectivity index (χ3n) is 15.5. The zero-order valence-corrected chi connectivity index (χ0v) is 28.8. The van der Waals surface area contributed by atoms with Crippen molar-refractivity contribution in [2.45, 2.75) is 179 Å². The first-order chi connectivity index (χ1) is 22.4. The van der Waals surface area contributed by atoms with E-state index in [9.17, 15) is 0 Å². The highest BCUT2D eigenvalue weighted by Crippen LogP contribution is 2.68. The predicted molar refractivity (Wildman–Crippen MR) is 176 cm³/mol. The van der Waals surface area contributed by atoms with Gasteiger partial charge in [-0.05, 0) is 84.9 Å². The molecule has 272 valence electrons. The second kappa shape index (κ2) is 15.0. The lowest BCUT2D eigenvalue weighted by Crippen LogP contribution is -2.65. The number of alkyl halides is 6. The van der Waals surface area contributed by atoms with Crippen molar-refractivity contribution in [3.05, 3.63) is 0 Å². The highest BCUT2D eigenvalue weighted by molar-refractivity contribution is 5.11. The zero-order valence-electron chi connectivity index (χ0n) is 28.8. The monoisotopic (exact) mass is 674 g/mol. The Morgan fingerprint density at radius 1 is 0.340 bits per heavy atom. The molecular formula is C39H64F6N2. The molecule has 0 amide bonds. The van der Waals surface area contributed by atoms with Crippen LogP contribution in [0.3, 0.4) is 0 Å². The van der Waals surface area contributed by atoms with Gasteiger partial charge in [0.2, 0.25) is 0 Å². The summed E-state index contributed by atoms with van der Waals surface area (Å²) in [5, 5.41) is 0. The maximum absolute atomic E-state index is 16.1. The standard InChI is InChI=1S/C39H64F6N2/c40-38(41,42)37(39(43,44)45,29-21-31(25-13-5-1-6-14-25)35(46)32(22-29)26-15-7-2-8-16-26)30-23-33(27-17-9-3-10-18-27)36(47)34(24-30)28-19-11-4-12-20-28/h25-36H,1-24,46-47H2. The Bertz CT molecular complexity index is 839. The molecule has 0 aliphatic heterocycles. The Balaban J connectivity index is 1.43. The van der Waals surface area contributed by atoms with Crippen molar-refractivity contribution in [3.63, 3.8) is 0 Å². The smallest absolute Gasteiger partial charge is 0.327 e. The van der Waals surface area contributed by atoms with Gasteiger partial charge in [0.15, 0.2) is 5.41 Å². The molecule has 0 heterocycles. The van der Waals surface area contributed by atoms with E-state index in [4.69, 9.17) is 11.5 Å². The van der Waals surface area contributed by atoms with Crippen LogP contribution in [-0.4, -0.2) is 24.4 Å². The van der Waals surface area contributed by atoms with Gasteiger partial charge < -0.3 is 11.5 Å². The molecule has 6 rings (SSSR count). The zero-order chi connectivity index (χ0) is 33.4. The molecule has 6 fully saturated rings. The minimum Gasteiger partial charge on any atom is -0.327 e. The van der Waals surface area contributed by atoms with Gasteiger partial charge in [-0.2, -0.15) is 26.3 Å². The van der Waals surface area contributed by atoms with Crippen molar-refractivity contribution in [1.29, 1.82) is 0 Å². The van der Waals surface area contributed by atoms with Crippen LogP contribution in [0.25, 0.3) is 0 Å². The molecule has 4 unspecified atom stereocenters. The van der Waals surface area contributed by atoms with Gasteiger partial charge in [0.25, 0.3) is 0 Å². The van der Waals surface area contributed by atoms with Crippen LogP contribution in [0.5, 0.6) is 0 Å². The summed E-state index contributed by atoms with van der Waals surface area (Å²) in [4.78, 5) is 0. The van der Waals surface area contributed by atoms with Crippen molar-refractivity contribution in [1.82, 2.24) is 0 Å². The Morgan fingerprint density at radius 2 is 0.553 bits per heavy atom. The molecule has 47 heavy (non-hydrogen) atoms. The average molecular weight is 675 g/mol. The van der Waals surface area contributed by atoms with Crippen LogP contribution in [0.4, 0.5) is 26.3 Å². The van der Waals surface area contributed by atoms with Crippen molar-refractivity contribution in [2.24, 2.45) is 76.1 Å². The lowest BCUT2D eigenvalue weighted by molar-refractivity contribution is -0.387. The molecule has 0 aromatic heterocycles. The van der Waals surface area contributed by atoms with E-state index in [2.05, 4.69) is 0 Å². The molecule has 0 aromatic rings. The van der Waals surface area contributed by atoms with Gasteiger partial charge in [-0.3, -0.25) is 0 Å². The topological polar surface area (TPSA) is 52.0 Å². The van der Waals surface area contributed by atoms with E-state index in [0.29, 0.717) is 0 Å². The SMILES string of the molecule is NC1C(C2CCCCC2)CC(C(C2CC(C3CCCCC3)C(N)C(C3CCCCC3)C2)(C(F)(F)F)C(F)(F)F)CC1C1CCCCC1. The number of hydrogen-bond acceptors (Lipinski definition) is 2. The van der Waals surface area contributed by atoms with Gasteiger partial charge in [-0.15, -0.1) is 0 Å². The maximum Gasteiger partial charge on any atom is 0.403 e. The van der Waals surface area contributed by atoms with E-state index in [1.807, 2.05) is 0 Å². The molecule has 4 N–H and O–H groups in total. The first-order valence-electron chi connectivity index (χ1n) is 20.1. The van der Waals surface area contributed by atoms with Gasteiger partial charge in [-0.25, -0.2) is 0 Å². The highest BCUT2D eigenvalue weighted by atomic mass is 19.4. The molecule has 0 radical (unpaired) electrons. The molecule has 8 heteroatoms. The summed E-state index contributed by atoms with van der Waals surface area (Å²) in [7, 11) is 0. The minimum atomic E-state index is -5.38. The fourth-order valence-electron chi connectivity index (χ4n) is 13.2. The van der Waals surface area contributed by atoms with Crippen molar-refractivity contribution in [3.8, 4) is 0 Å². The minimum absolute atomic E-state index is 0.0290. The largest absolute Gasteiger partial charge is 0.403 e. The number of halogens is 6. The van der Waals surface area contributed by atoms with Gasteiger partial charge in [0.05, 0.1) is 0 Å². The Labute approximate surface area is 280 Å². The second-order valence-electron chi connectivity index (χ2n) is 17.6. The van der Waals surface area contributed by atoms with E-state index in [1.165, 1.54) is 0 Å². The summed E-state index contributed by atoms with van der Waals surface area (Å²) in [6, 6.07) is -0.609. The van der Waals surface area contributed by atoms with E-state index in [0.717, 1.165) is 128 Å². The second-order valence-corrected chi connectivity index (χ2v) is 17.6. The normalized spacial score (nSPS) is 38.8. The summed E-state index contributed by atoms with van der Waals surface area (Å²) in [5.41, 5.74) is 10.4. The van der Waals surface area contributed by atoms with Crippen molar-refractivity contribution in [2.75, 3.05) is 0 Å². The molecule has 6 saturated carbocycles. The average Bonchev–Trinajstić information content (AvgIpc) is 3.06. The van der Waals surface area contributed by atoms with Crippen molar-refractivity contribution >= 4 is 0 Å². The number of hydrogen-bond donors (Lipinski definition) is 2. The first kappa shape index (κ1) is 36.3. The van der Waals surface area contributed by atoms with Crippen LogP contribution in [-0.2, 0) is 0 Å². The Kier molecular flexibility index (Phi) is 11.6. The summed E-state index contributed by atoms with van der Waals surface area (Å²) in [5.74, 6) is -3.46. The van der Waals surface area contributed by atoms with E-state index in [1.54, 1.807) is 0 Å². The summed E-state index contributed by atoms with van der Waals surface area (Å²) in [6.07, 6.45) is 8.62. The van der Waals surface area contributed by atoms with Gasteiger partial charge in [-0.1, -0.05) is 128 Å². The molecular weight excluding hydrogens is 610 g/mol. The van der Waals surface area contributed by atoms with Crippen LogP contribution in [0.15, 0.2) is 0 Å². The molecule has 0 bridgehead atoms. The lowest BCUT2D eigenvalue weighted by Gasteiger charge is -2.58. The number of rotatable bonds is 6.